The van der Waals surface area contributed by atoms with E-state index in [9.17, 15) is 0 Å². The van der Waals surface area contributed by atoms with Gasteiger partial charge in [-0.1, -0.05) is 0 Å². The Morgan fingerprint density at radius 1 is 1.15 bits per heavy atom. The first-order chi connectivity index (χ1) is 6.14. The summed E-state index contributed by atoms with van der Waals surface area (Å²) in [5.41, 5.74) is 0.560. The first kappa shape index (κ1) is 9.47. The molecule has 2 aliphatic heterocycles. The first-order valence-electron chi connectivity index (χ1n) is 5.59. The van der Waals surface area contributed by atoms with Crippen LogP contribution in [-0.2, 0) is 0 Å². The Balaban J connectivity index is 2.03. The van der Waals surface area contributed by atoms with Gasteiger partial charge in [0.15, 0.2) is 0 Å². The Kier molecular flexibility index (Phi) is 2.37. The molecule has 1 spiro atoms. The molecule has 0 bridgehead atoms. The summed E-state index contributed by atoms with van der Waals surface area (Å²) in [5.74, 6) is 0. The zero-order valence-electron chi connectivity index (χ0n) is 9.21. The second kappa shape index (κ2) is 3.25. The van der Waals surface area contributed by atoms with Crippen LogP contribution < -0.4 is 0 Å². The molecule has 2 nitrogen and oxygen atoms in total. The van der Waals surface area contributed by atoms with Crippen LogP contribution in [0.2, 0.25) is 0 Å². The Morgan fingerprint density at radius 3 is 2.38 bits per heavy atom. The van der Waals surface area contributed by atoms with E-state index in [-0.39, 0.29) is 0 Å². The molecule has 2 heterocycles. The second-order valence-corrected chi connectivity index (χ2v) is 5.06. The molecular weight excluding hydrogens is 160 g/mol. The van der Waals surface area contributed by atoms with Crippen molar-refractivity contribution in [1.82, 2.24) is 9.80 Å². The minimum absolute atomic E-state index is 0.560. The summed E-state index contributed by atoms with van der Waals surface area (Å²) in [6, 6.07) is 0.730. The van der Waals surface area contributed by atoms with Gasteiger partial charge >= 0.3 is 0 Å². The molecule has 0 N–H and O–H groups in total. The summed E-state index contributed by atoms with van der Waals surface area (Å²) in [6.07, 6.45) is 4.22. The van der Waals surface area contributed by atoms with Crippen LogP contribution in [0.3, 0.4) is 0 Å². The minimum atomic E-state index is 0.560. The van der Waals surface area contributed by atoms with Crippen LogP contribution in [0.15, 0.2) is 0 Å². The molecule has 0 saturated carbocycles. The lowest BCUT2D eigenvalue weighted by Crippen LogP contribution is -2.44. The molecule has 13 heavy (non-hydrogen) atoms. The van der Waals surface area contributed by atoms with Gasteiger partial charge in [0.1, 0.15) is 0 Å². The molecule has 0 aromatic rings. The highest BCUT2D eigenvalue weighted by Crippen LogP contribution is 2.36. The molecule has 0 aromatic heterocycles. The molecule has 2 rings (SSSR count). The van der Waals surface area contributed by atoms with Gasteiger partial charge in [-0.05, 0) is 46.7 Å². The largest absolute Gasteiger partial charge is 0.299 e. The Morgan fingerprint density at radius 2 is 1.92 bits per heavy atom. The van der Waals surface area contributed by atoms with Gasteiger partial charge in [0.2, 0.25) is 0 Å². The molecule has 1 atom stereocenters. The van der Waals surface area contributed by atoms with Crippen molar-refractivity contribution in [2.45, 2.75) is 44.7 Å². The van der Waals surface area contributed by atoms with E-state index in [1.807, 2.05) is 0 Å². The number of likely N-dealkylation sites (N-methyl/N-ethyl adjacent to an activating group) is 1. The van der Waals surface area contributed by atoms with Crippen LogP contribution in [0.5, 0.6) is 0 Å². The molecule has 0 aromatic carbocycles. The van der Waals surface area contributed by atoms with Gasteiger partial charge in [0.25, 0.3) is 0 Å². The van der Waals surface area contributed by atoms with E-state index in [1.54, 1.807) is 0 Å². The van der Waals surface area contributed by atoms with E-state index < -0.39 is 0 Å². The topological polar surface area (TPSA) is 6.48 Å². The molecule has 2 saturated heterocycles. The van der Waals surface area contributed by atoms with Crippen LogP contribution in [0.25, 0.3) is 0 Å². The smallest absolute Gasteiger partial charge is 0.0346 e. The summed E-state index contributed by atoms with van der Waals surface area (Å²) in [7, 11) is 2.30. The zero-order chi connectivity index (χ0) is 9.47. The van der Waals surface area contributed by atoms with E-state index >= 15 is 0 Å². The van der Waals surface area contributed by atoms with E-state index in [2.05, 4.69) is 30.7 Å². The summed E-state index contributed by atoms with van der Waals surface area (Å²) >= 11 is 0. The van der Waals surface area contributed by atoms with Crippen LogP contribution >= 0.6 is 0 Å². The van der Waals surface area contributed by atoms with E-state index in [0.29, 0.717) is 5.54 Å². The van der Waals surface area contributed by atoms with Gasteiger partial charge in [0.05, 0.1) is 0 Å². The van der Waals surface area contributed by atoms with Gasteiger partial charge in [0, 0.05) is 24.7 Å². The highest BCUT2D eigenvalue weighted by Gasteiger charge is 2.44. The number of likely N-dealkylation sites (tertiary alicyclic amines) is 2. The number of hydrogen-bond donors (Lipinski definition) is 0. The standard InChI is InChI=1S/C11H22N2/c1-10(2)13-8-6-11(9-13)5-4-7-12(11)3/h10H,4-9H2,1-3H3. The molecule has 0 radical (unpaired) electrons. The Labute approximate surface area is 81.9 Å². The van der Waals surface area contributed by atoms with E-state index in [0.717, 1.165) is 6.04 Å². The quantitative estimate of drug-likeness (QED) is 0.607. The predicted octanol–water partition coefficient (Wildman–Crippen LogP) is 1.56. The summed E-state index contributed by atoms with van der Waals surface area (Å²) in [5, 5.41) is 0. The van der Waals surface area contributed by atoms with Crippen LogP contribution in [0.1, 0.15) is 33.1 Å². The average Bonchev–Trinajstić information content (AvgIpc) is 2.63. The fourth-order valence-electron chi connectivity index (χ4n) is 2.92. The molecule has 2 heteroatoms. The van der Waals surface area contributed by atoms with Gasteiger partial charge in [-0.15, -0.1) is 0 Å². The lowest BCUT2D eigenvalue weighted by molar-refractivity contribution is 0.162. The molecule has 1 unspecified atom stereocenters. The van der Waals surface area contributed by atoms with Gasteiger partial charge in [-0.25, -0.2) is 0 Å². The highest BCUT2D eigenvalue weighted by molar-refractivity contribution is 5.01. The summed E-state index contributed by atoms with van der Waals surface area (Å²) < 4.78 is 0. The lowest BCUT2D eigenvalue weighted by Gasteiger charge is -2.32. The number of nitrogens with zero attached hydrogens (tertiary/aromatic N) is 2. The molecule has 76 valence electrons. The SMILES string of the molecule is CC(C)N1CCC2(CCCN2C)C1. The van der Waals surface area contributed by atoms with Crippen molar-refractivity contribution in [3.8, 4) is 0 Å². The third-order valence-corrected chi connectivity index (χ3v) is 4.04. The lowest BCUT2D eigenvalue weighted by atomic mass is 9.96. The number of rotatable bonds is 1. The fourth-order valence-corrected chi connectivity index (χ4v) is 2.92. The number of hydrogen-bond acceptors (Lipinski definition) is 2. The Bertz CT molecular complexity index is 191. The van der Waals surface area contributed by atoms with Gasteiger partial charge < -0.3 is 0 Å². The van der Waals surface area contributed by atoms with Crippen molar-refractivity contribution < 1.29 is 0 Å². The van der Waals surface area contributed by atoms with Crippen molar-refractivity contribution in [1.29, 1.82) is 0 Å². The second-order valence-electron chi connectivity index (χ2n) is 5.06. The highest BCUT2D eigenvalue weighted by atomic mass is 15.3. The zero-order valence-corrected chi connectivity index (χ0v) is 9.21. The maximum atomic E-state index is 2.63. The third-order valence-electron chi connectivity index (χ3n) is 4.04. The fraction of sp³-hybridized carbons (Fsp3) is 1.00. The molecule has 2 aliphatic rings. The van der Waals surface area contributed by atoms with Crippen molar-refractivity contribution in [2.24, 2.45) is 0 Å². The van der Waals surface area contributed by atoms with Gasteiger partial charge in [-0.2, -0.15) is 0 Å². The van der Waals surface area contributed by atoms with Gasteiger partial charge in [-0.3, -0.25) is 9.80 Å². The minimum Gasteiger partial charge on any atom is -0.299 e. The molecule has 0 aliphatic carbocycles. The third kappa shape index (κ3) is 1.50. The normalized spacial score (nSPS) is 36.9. The maximum Gasteiger partial charge on any atom is 0.0346 e. The van der Waals surface area contributed by atoms with Crippen LogP contribution in [0.4, 0.5) is 0 Å². The van der Waals surface area contributed by atoms with Crippen molar-refractivity contribution in [3.05, 3.63) is 0 Å². The van der Waals surface area contributed by atoms with Crippen molar-refractivity contribution >= 4 is 0 Å². The molecular formula is C11H22N2. The molecule has 0 amide bonds. The van der Waals surface area contributed by atoms with E-state index in [1.165, 1.54) is 38.9 Å². The summed E-state index contributed by atoms with van der Waals surface area (Å²) in [4.78, 5) is 5.22. The molecule has 2 fully saturated rings. The maximum absolute atomic E-state index is 2.63. The van der Waals surface area contributed by atoms with Crippen LogP contribution in [0, 0.1) is 0 Å². The van der Waals surface area contributed by atoms with Crippen LogP contribution in [-0.4, -0.2) is 48.1 Å². The van der Waals surface area contributed by atoms with Crippen molar-refractivity contribution in [3.63, 3.8) is 0 Å². The summed E-state index contributed by atoms with van der Waals surface area (Å²) in [6.45, 7) is 8.55. The van der Waals surface area contributed by atoms with E-state index in [4.69, 9.17) is 0 Å². The predicted molar refractivity (Wildman–Crippen MR) is 55.9 cm³/mol. The monoisotopic (exact) mass is 182 g/mol. The van der Waals surface area contributed by atoms with Crippen molar-refractivity contribution in [2.75, 3.05) is 26.7 Å². The Hall–Kier alpha value is -0.0800. The first-order valence-corrected chi connectivity index (χ1v) is 5.59. The average molecular weight is 182 g/mol.